The van der Waals surface area contributed by atoms with Crippen LogP contribution < -0.4 is 9.47 Å². The van der Waals surface area contributed by atoms with Gasteiger partial charge in [0.2, 0.25) is 0 Å². The Labute approximate surface area is 96.4 Å². The van der Waals surface area contributed by atoms with Crippen molar-refractivity contribution in [1.29, 1.82) is 0 Å². The molecule has 0 fully saturated rings. The highest BCUT2D eigenvalue weighted by Crippen LogP contribution is 2.34. The molecule has 0 bridgehead atoms. The number of carbonyl (C=O) groups excluding carboxylic acids is 1. The second kappa shape index (κ2) is 5.54. The summed E-state index contributed by atoms with van der Waals surface area (Å²) in [5, 5.41) is 0. The average Bonchev–Trinajstić information content (AvgIpc) is 2.28. The number of hydrogen-bond donors (Lipinski definition) is 0. The number of benzene rings is 1. The Kier molecular flexibility index (Phi) is 4.35. The molecule has 0 spiro atoms. The zero-order valence-corrected chi connectivity index (χ0v) is 10.2. The van der Waals surface area contributed by atoms with Crippen molar-refractivity contribution < 1.29 is 14.3 Å². The number of hydrogen-bond acceptors (Lipinski definition) is 3. The van der Waals surface area contributed by atoms with Crippen molar-refractivity contribution in [3.05, 3.63) is 23.3 Å². The lowest BCUT2D eigenvalue weighted by Gasteiger charge is -2.15. The first-order valence-corrected chi connectivity index (χ1v) is 5.30. The Bertz CT molecular complexity index is 372. The van der Waals surface area contributed by atoms with E-state index in [0.29, 0.717) is 6.42 Å². The summed E-state index contributed by atoms with van der Waals surface area (Å²) in [6.07, 6.45) is 1.46. The number of methoxy groups -OCH3 is 2. The zero-order valence-electron chi connectivity index (χ0n) is 10.2. The van der Waals surface area contributed by atoms with E-state index in [1.54, 1.807) is 14.2 Å². The van der Waals surface area contributed by atoms with Gasteiger partial charge in [0, 0.05) is 6.42 Å². The average molecular weight is 222 g/mol. The Morgan fingerprint density at radius 2 is 2.00 bits per heavy atom. The molecule has 0 amide bonds. The normalized spacial score (nSPS) is 12.0. The van der Waals surface area contributed by atoms with Gasteiger partial charge in [-0.2, -0.15) is 0 Å². The predicted molar refractivity (Wildman–Crippen MR) is 63.4 cm³/mol. The van der Waals surface area contributed by atoms with Crippen LogP contribution in [-0.4, -0.2) is 20.5 Å². The van der Waals surface area contributed by atoms with Crippen LogP contribution in [0.5, 0.6) is 11.5 Å². The largest absolute Gasteiger partial charge is 0.493 e. The van der Waals surface area contributed by atoms with Crippen molar-refractivity contribution in [3.8, 4) is 11.5 Å². The molecule has 1 atom stereocenters. The van der Waals surface area contributed by atoms with Crippen molar-refractivity contribution in [3.63, 3.8) is 0 Å². The third-order valence-corrected chi connectivity index (χ3v) is 2.71. The topological polar surface area (TPSA) is 35.5 Å². The van der Waals surface area contributed by atoms with Crippen molar-refractivity contribution in [2.24, 2.45) is 0 Å². The van der Waals surface area contributed by atoms with Gasteiger partial charge < -0.3 is 14.3 Å². The van der Waals surface area contributed by atoms with Gasteiger partial charge in [-0.3, -0.25) is 0 Å². The highest BCUT2D eigenvalue weighted by Gasteiger charge is 2.12. The Hall–Kier alpha value is -1.51. The van der Waals surface area contributed by atoms with Crippen LogP contribution in [0.2, 0.25) is 0 Å². The standard InChI is InChI=1S/C13H18O3/c1-9(5-6-14)11-7-10(2)13(16-4)12(8-11)15-3/h6-9H,5H2,1-4H3. The van der Waals surface area contributed by atoms with Crippen molar-refractivity contribution >= 4 is 6.29 Å². The summed E-state index contributed by atoms with van der Waals surface area (Å²) in [5.74, 6) is 1.68. The molecule has 88 valence electrons. The summed E-state index contributed by atoms with van der Waals surface area (Å²) < 4.78 is 10.5. The summed E-state index contributed by atoms with van der Waals surface area (Å²) in [6.45, 7) is 3.99. The van der Waals surface area contributed by atoms with Crippen LogP contribution >= 0.6 is 0 Å². The van der Waals surface area contributed by atoms with Crippen LogP contribution in [0, 0.1) is 6.92 Å². The van der Waals surface area contributed by atoms with Gasteiger partial charge in [-0.25, -0.2) is 0 Å². The lowest BCUT2D eigenvalue weighted by Crippen LogP contribution is -1.99. The van der Waals surface area contributed by atoms with Gasteiger partial charge in [0.25, 0.3) is 0 Å². The molecule has 0 radical (unpaired) electrons. The Morgan fingerprint density at radius 1 is 1.31 bits per heavy atom. The molecule has 0 aliphatic rings. The highest BCUT2D eigenvalue weighted by atomic mass is 16.5. The number of aryl methyl sites for hydroxylation is 1. The summed E-state index contributed by atoms with van der Waals surface area (Å²) in [7, 11) is 3.24. The molecule has 1 rings (SSSR count). The molecule has 1 aromatic rings. The minimum Gasteiger partial charge on any atom is -0.493 e. The number of ether oxygens (including phenoxy) is 2. The van der Waals surface area contributed by atoms with Crippen LogP contribution in [0.3, 0.4) is 0 Å². The quantitative estimate of drug-likeness (QED) is 0.718. The second-order valence-electron chi connectivity index (χ2n) is 3.88. The van der Waals surface area contributed by atoms with E-state index in [9.17, 15) is 4.79 Å². The molecule has 16 heavy (non-hydrogen) atoms. The summed E-state index contributed by atoms with van der Waals surface area (Å²) >= 11 is 0. The molecule has 0 aromatic heterocycles. The smallest absolute Gasteiger partial charge is 0.163 e. The van der Waals surface area contributed by atoms with Gasteiger partial charge in [0.05, 0.1) is 14.2 Å². The van der Waals surface area contributed by atoms with E-state index in [2.05, 4.69) is 0 Å². The Morgan fingerprint density at radius 3 is 2.50 bits per heavy atom. The van der Waals surface area contributed by atoms with Gasteiger partial charge in [-0.15, -0.1) is 0 Å². The third-order valence-electron chi connectivity index (χ3n) is 2.71. The van der Waals surface area contributed by atoms with Gasteiger partial charge in [-0.05, 0) is 30.0 Å². The van der Waals surface area contributed by atoms with E-state index in [1.807, 2.05) is 26.0 Å². The SMILES string of the molecule is COc1cc(C(C)CC=O)cc(C)c1OC. The maximum Gasteiger partial charge on any atom is 0.163 e. The molecular weight excluding hydrogens is 204 g/mol. The molecule has 0 aliphatic heterocycles. The van der Waals surface area contributed by atoms with Crippen LogP contribution in [-0.2, 0) is 4.79 Å². The molecule has 0 heterocycles. The molecule has 0 aliphatic carbocycles. The molecule has 0 N–H and O–H groups in total. The van der Waals surface area contributed by atoms with E-state index < -0.39 is 0 Å². The van der Waals surface area contributed by atoms with Gasteiger partial charge in [0.15, 0.2) is 11.5 Å². The second-order valence-corrected chi connectivity index (χ2v) is 3.88. The fourth-order valence-electron chi connectivity index (χ4n) is 1.75. The number of carbonyl (C=O) groups is 1. The van der Waals surface area contributed by atoms with Crippen LogP contribution in [0.25, 0.3) is 0 Å². The minimum absolute atomic E-state index is 0.205. The lowest BCUT2D eigenvalue weighted by atomic mass is 9.96. The van der Waals surface area contributed by atoms with Crippen LogP contribution in [0.4, 0.5) is 0 Å². The van der Waals surface area contributed by atoms with Crippen molar-refractivity contribution in [2.45, 2.75) is 26.2 Å². The molecule has 3 nitrogen and oxygen atoms in total. The number of rotatable bonds is 5. The molecule has 1 aromatic carbocycles. The lowest BCUT2D eigenvalue weighted by molar-refractivity contribution is -0.108. The van der Waals surface area contributed by atoms with Crippen LogP contribution in [0.15, 0.2) is 12.1 Å². The zero-order chi connectivity index (χ0) is 12.1. The molecule has 1 unspecified atom stereocenters. The van der Waals surface area contributed by atoms with Gasteiger partial charge in [0.1, 0.15) is 6.29 Å². The predicted octanol–water partition coefficient (Wildman–Crippen LogP) is 2.70. The fraction of sp³-hybridized carbons (Fsp3) is 0.462. The van der Waals surface area contributed by atoms with E-state index in [1.165, 1.54) is 0 Å². The van der Waals surface area contributed by atoms with Crippen molar-refractivity contribution in [2.75, 3.05) is 14.2 Å². The minimum atomic E-state index is 0.205. The summed E-state index contributed by atoms with van der Waals surface area (Å²) in [6, 6.07) is 3.97. The summed E-state index contributed by atoms with van der Waals surface area (Å²) in [4.78, 5) is 10.5. The van der Waals surface area contributed by atoms with Crippen LogP contribution in [0.1, 0.15) is 30.4 Å². The molecular formula is C13H18O3. The van der Waals surface area contributed by atoms with Gasteiger partial charge >= 0.3 is 0 Å². The molecule has 0 saturated heterocycles. The maximum atomic E-state index is 10.5. The number of aldehydes is 1. The van der Waals surface area contributed by atoms with E-state index in [4.69, 9.17) is 9.47 Å². The molecule has 3 heteroatoms. The third kappa shape index (κ3) is 2.54. The molecule has 0 saturated carbocycles. The first-order chi connectivity index (χ1) is 7.63. The monoisotopic (exact) mass is 222 g/mol. The summed E-state index contributed by atoms with van der Waals surface area (Å²) in [5.41, 5.74) is 2.12. The van der Waals surface area contributed by atoms with E-state index in [-0.39, 0.29) is 5.92 Å². The highest BCUT2D eigenvalue weighted by molar-refractivity contribution is 5.54. The first-order valence-electron chi connectivity index (χ1n) is 5.30. The van der Waals surface area contributed by atoms with E-state index in [0.717, 1.165) is 28.9 Å². The van der Waals surface area contributed by atoms with Crippen molar-refractivity contribution in [1.82, 2.24) is 0 Å². The maximum absolute atomic E-state index is 10.5. The van der Waals surface area contributed by atoms with E-state index >= 15 is 0 Å². The van der Waals surface area contributed by atoms with Gasteiger partial charge in [-0.1, -0.05) is 13.0 Å². The Balaban J connectivity index is 3.14. The first kappa shape index (κ1) is 12.6. The fourth-order valence-corrected chi connectivity index (χ4v) is 1.75.